The fourth-order valence-corrected chi connectivity index (χ4v) is 2.22. The molecule has 1 heterocycles. The molecular formula is C17H15N3O. The number of fused-ring (bicyclic) bond motifs is 1. The Kier molecular flexibility index (Phi) is 3.28. The third-order valence-corrected chi connectivity index (χ3v) is 3.43. The largest absolute Gasteiger partial charge is 0.399 e. The van der Waals surface area contributed by atoms with Crippen molar-refractivity contribution in [3.05, 3.63) is 65.9 Å². The van der Waals surface area contributed by atoms with Gasteiger partial charge in [0.25, 0.3) is 5.91 Å². The Morgan fingerprint density at radius 1 is 1.14 bits per heavy atom. The number of nitrogen functional groups attached to an aromatic ring is 1. The average Bonchev–Trinajstić information content (AvgIpc) is 2.50. The van der Waals surface area contributed by atoms with E-state index in [9.17, 15) is 4.79 Å². The van der Waals surface area contributed by atoms with Crippen molar-refractivity contribution in [3.63, 3.8) is 0 Å². The number of carbonyl (C=O) groups is 1. The molecule has 1 amide bonds. The van der Waals surface area contributed by atoms with Crippen LogP contribution in [0.4, 0.5) is 11.4 Å². The van der Waals surface area contributed by atoms with Gasteiger partial charge in [-0.2, -0.15) is 0 Å². The standard InChI is InChI=1S/C17H15N3O/c1-11-10-12(7-8-14(11)18)17(21)20-16-6-2-5-15-13(16)4-3-9-19-15/h2-10H,18H2,1H3,(H,20,21). The second kappa shape index (κ2) is 5.25. The van der Waals surface area contributed by atoms with Gasteiger partial charge in [0.15, 0.2) is 0 Å². The van der Waals surface area contributed by atoms with Gasteiger partial charge in [-0.15, -0.1) is 0 Å². The van der Waals surface area contributed by atoms with E-state index in [-0.39, 0.29) is 5.91 Å². The molecule has 4 nitrogen and oxygen atoms in total. The van der Waals surface area contributed by atoms with Crippen molar-refractivity contribution in [2.75, 3.05) is 11.1 Å². The minimum absolute atomic E-state index is 0.158. The first kappa shape index (κ1) is 13.1. The third kappa shape index (κ3) is 2.56. The summed E-state index contributed by atoms with van der Waals surface area (Å²) >= 11 is 0. The lowest BCUT2D eigenvalue weighted by molar-refractivity contribution is 0.102. The molecule has 0 bridgehead atoms. The summed E-state index contributed by atoms with van der Waals surface area (Å²) in [4.78, 5) is 16.6. The molecule has 2 aromatic carbocycles. The Hall–Kier alpha value is -2.88. The molecule has 3 rings (SSSR count). The lowest BCUT2D eigenvalue weighted by atomic mass is 10.1. The van der Waals surface area contributed by atoms with Crippen LogP contribution in [0.5, 0.6) is 0 Å². The van der Waals surface area contributed by atoms with Gasteiger partial charge in [-0.3, -0.25) is 9.78 Å². The van der Waals surface area contributed by atoms with Gasteiger partial charge in [0.1, 0.15) is 0 Å². The van der Waals surface area contributed by atoms with E-state index in [1.54, 1.807) is 24.4 Å². The quantitative estimate of drug-likeness (QED) is 0.706. The topological polar surface area (TPSA) is 68.0 Å². The molecule has 0 aliphatic heterocycles. The summed E-state index contributed by atoms with van der Waals surface area (Å²) in [5.74, 6) is -0.158. The van der Waals surface area contributed by atoms with E-state index in [0.717, 1.165) is 22.2 Å². The Labute approximate surface area is 122 Å². The molecule has 3 N–H and O–H groups in total. The van der Waals surface area contributed by atoms with Crippen LogP contribution in [0.25, 0.3) is 10.9 Å². The predicted molar refractivity (Wildman–Crippen MR) is 85.3 cm³/mol. The van der Waals surface area contributed by atoms with Crippen molar-refractivity contribution in [3.8, 4) is 0 Å². The van der Waals surface area contributed by atoms with Crippen LogP contribution < -0.4 is 11.1 Å². The highest BCUT2D eigenvalue weighted by atomic mass is 16.1. The molecule has 0 saturated carbocycles. The number of aryl methyl sites for hydroxylation is 1. The average molecular weight is 277 g/mol. The summed E-state index contributed by atoms with van der Waals surface area (Å²) in [6.45, 7) is 1.88. The lowest BCUT2D eigenvalue weighted by Crippen LogP contribution is -2.12. The van der Waals surface area contributed by atoms with Crippen LogP contribution in [0.2, 0.25) is 0 Å². The van der Waals surface area contributed by atoms with Crippen LogP contribution in [0.3, 0.4) is 0 Å². The number of benzene rings is 2. The minimum Gasteiger partial charge on any atom is -0.399 e. The van der Waals surface area contributed by atoms with E-state index in [1.165, 1.54) is 0 Å². The van der Waals surface area contributed by atoms with Crippen LogP contribution in [0, 0.1) is 6.92 Å². The summed E-state index contributed by atoms with van der Waals surface area (Å²) in [5.41, 5.74) is 9.53. The van der Waals surface area contributed by atoms with Crippen LogP contribution in [0.1, 0.15) is 15.9 Å². The van der Waals surface area contributed by atoms with Gasteiger partial charge in [0, 0.05) is 22.8 Å². The van der Waals surface area contributed by atoms with Crippen LogP contribution in [-0.4, -0.2) is 10.9 Å². The zero-order valence-corrected chi connectivity index (χ0v) is 11.6. The summed E-state index contributed by atoms with van der Waals surface area (Å²) in [5, 5.41) is 3.85. The van der Waals surface area contributed by atoms with E-state index in [1.807, 2.05) is 37.3 Å². The van der Waals surface area contributed by atoms with E-state index >= 15 is 0 Å². The first-order chi connectivity index (χ1) is 10.1. The van der Waals surface area contributed by atoms with Gasteiger partial charge < -0.3 is 11.1 Å². The number of amides is 1. The first-order valence-electron chi connectivity index (χ1n) is 6.66. The normalized spacial score (nSPS) is 10.5. The molecule has 1 aromatic heterocycles. The fraction of sp³-hybridized carbons (Fsp3) is 0.0588. The number of carbonyl (C=O) groups excluding carboxylic acids is 1. The van der Waals surface area contributed by atoms with Crippen molar-refractivity contribution in [1.29, 1.82) is 0 Å². The summed E-state index contributed by atoms with van der Waals surface area (Å²) in [6, 6.07) is 14.7. The number of nitrogens with one attached hydrogen (secondary N) is 1. The maximum Gasteiger partial charge on any atom is 0.255 e. The minimum atomic E-state index is -0.158. The molecule has 0 aliphatic rings. The number of nitrogens with zero attached hydrogens (tertiary/aromatic N) is 1. The molecule has 0 fully saturated rings. The Bertz CT molecular complexity index is 822. The van der Waals surface area contributed by atoms with Crippen molar-refractivity contribution >= 4 is 28.2 Å². The zero-order valence-electron chi connectivity index (χ0n) is 11.6. The monoisotopic (exact) mass is 277 g/mol. The second-order valence-corrected chi connectivity index (χ2v) is 4.90. The van der Waals surface area contributed by atoms with Gasteiger partial charge in [0.05, 0.1) is 11.2 Å². The van der Waals surface area contributed by atoms with E-state index < -0.39 is 0 Å². The van der Waals surface area contributed by atoms with Gasteiger partial charge in [0.2, 0.25) is 0 Å². The number of hydrogen-bond acceptors (Lipinski definition) is 3. The highest BCUT2D eigenvalue weighted by Crippen LogP contribution is 2.22. The van der Waals surface area contributed by atoms with E-state index in [2.05, 4.69) is 10.3 Å². The van der Waals surface area contributed by atoms with Crippen molar-refractivity contribution in [1.82, 2.24) is 4.98 Å². The maximum absolute atomic E-state index is 12.3. The number of pyridine rings is 1. The summed E-state index contributed by atoms with van der Waals surface area (Å²) < 4.78 is 0. The summed E-state index contributed by atoms with van der Waals surface area (Å²) in [7, 11) is 0. The molecule has 0 radical (unpaired) electrons. The SMILES string of the molecule is Cc1cc(C(=O)Nc2cccc3ncccc23)ccc1N. The highest BCUT2D eigenvalue weighted by Gasteiger charge is 2.09. The molecule has 0 atom stereocenters. The molecule has 0 unspecified atom stereocenters. The van der Waals surface area contributed by atoms with Gasteiger partial charge in [-0.1, -0.05) is 6.07 Å². The molecule has 3 aromatic rings. The Balaban J connectivity index is 1.94. The Morgan fingerprint density at radius 3 is 2.81 bits per heavy atom. The number of rotatable bonds is 2. The number of anilines is 2. The molecule has 0 spiro atoms. The smallest absolute Gasteiger partial charge is 0.255 e. The molecule has 0 aliphatic carbocycles. The second-order valence-electron chi connectivity index (χ2n) is 4.90. The number of hydrogen-bond donors (Lipinski definition) is 2. The Morgan fingerprint density at radius 2 is 2.00 bits per heavy atom. The maximum atomic E-state index is 12.3. The number of aromatic nitrogens is 1. The lowest BCUT2D eigenvalue weighted by Gasteiger charge is -2.09. The predicted octanol–water partition coefficient (Wildman–Crippen LogP) is 3.38. The molecule has 104 valence electrons. The summed E-state index contributed by atoms with van der Waals surface area (Å²) in [6.07, 6.45) is 1.73. The van der Waals surface area contributed by atoms with Crippen molar-refractivity contribution in [2.45, 2.75) is 6.92 Å². The molecule has 4 heteroatoms. The van der Waals surface area contributed by atoms with Crippen LogP contribution in [-0.2, 0) is 0 Å². The van der Waals surface area contributed by atoms with Gasteiger partial charge >= 0.3 is 0 Å². The molecule has 21 heavy (non-hydrogen) atoms. The first-order valence-corrected chi connectivity index (χ1v) is 6.66. The van der Waals surface area contributed by atoms with Crippen molar-refractivity contribution in [2.24, 2.45) is 0 Å². The van der Waals surface area contributed by atoms with Gasteiger partial charge in [-0.25, -0.2) is 0 Å². The number of nitrogens with two attached hydrogens (primary N) is 1. The highest BCUT2D eigenvalue weighted by molar-refractivity contribution is 6.08. The molecule has 0 saturated heterocycles. The van der Waals surface area contributed by atoms with Crippen molar-refractivity contribution < 1.29 is 4.79 Å². The van der Waals surface area contributed by atoms with Crippen LogP contribution in [0.15, 0.2) is 54.7 Å². The molecular weight excluding hydrogens is 262 g/mol. The van der Waals surface area contributed by atoms with Crippen LogP contribution >= 0.6 is 0 Å². The fourth-order valence-electron chi connectivity index (χ4n) is 2.22. The van der Waals surface area contributed by atoms with E-state index in [0.29, 0.717) is 11.3 Å². The third-order valence-electron chi connectivity index (χ3n) is 3.43. The van der Waals surface area contributed by atoms with Gasteiger partial charge in [-0.05, 0) is 55.0 Å². The van der Waals surface area contributed by atoms with E-state index in [4.69, 9.17) is 5.73 Å². The zero-order chi connectivity index (χ0) is 14.8.